The fourth-order valence-electron chi connectivity index (χ4n) is 2.04. The lowest BCUT2D eigenvalue weighted by Gasteiger charge is -2.09. The molecule has 1 heterocycles. The van der Waals surface area contributed by atoms with E-state index in [1.165, 1.54) is 25.7 Å². The van der Waals surface area contributed by atoms with E-state index in [4.69, 9.17) is 5.73 Å². The predicted molar refractivity (Wildman–Crippen MR) is 49.9 cm³/mol. The first-order chi connectivity index (χ1) is 6.40. The van der Waals surface area contributed by atoms with Gasteiger partial charge in [0.15, 0.2) is 0 Å². The second kappa shape index (κ2) is 3.87. The van der Waals surface area contributed by atoms with Crippen molar-refractivity contribution in [3.05, 3.63) is 12.2 Å². The van der Waals surface area contributed by atoms with Crippen molar-refractivity contribution in [1.29, 1.82) is 0 Å². The lowest BCUT2D eigenvalue weighted by atomic mass is 10.1. The normalized spacial score (nSPS) is 18.2. The van der Waals surface area contributed by atoms with E-state index in [0.717, 1.165) is 18.3 Å². The van der Waals surface area contributed by atoms with Crippen LogP contribution in [0.25, 0.3) is 0 Å². The van der Waals surface area contributed by atoms with Gasteiger partial charge >= 0.3 is 0 Å². The summed E-state index contributed by atoms with van der Waals surface area (Å²) in [6.45, 7) is 1.50. The summed E-state index contributed by atoms with van der Waals surface area (Å²) in [7, 11) is 0. The third-order valence-electron chi connectivity index (χ3n) is 2.78. The van der Waals surface area contributed by atoms with Crippen LogP contribution in [0, 0.1) is 5.92 Å². The molecule has 0 atom stereocenters. The zero-order valence-corrected chi connectivity index (χ0v) is 7.82. The summed E-state index contributed by atoms with van der Waals surface area (Å²) in [6.07, 6.45) is 7.01. The average Bonchev–Trinajstić information content (AvgIpc) is 2.76. The maximum atomic E-state index is 5.55. The Labute approximate surface area is 78.1 Å². The van der Waals surface area contributed by atoms with Crippen LogP contribution in [-0.2, 0) is 13.1 Å². The summed E-state index contributed by atoms with van der Waals surface area (Å²) in [5, 5.41) is 4.18. The fourth-order valence-corrected chi connectivity index (χ4v) is 2.04. The summed E-state index contributed by atoms with van der Waals surface area (Å²) in [6, 6.07) is 0. The number of aromatic nitrogens is 3. The van der Waals surface area contributed by atoms with Gasteiger partial charge in [0, 0.05) is 6.54 Å². The van der Waals surface area contributed by atoms with Crippen molar-refractivity contribution in [2.45, 2.75) is 38.8 Å². The van der Waals surface area contributed by atoms with Gasteiger partial charge in [-0.2, -0.15) is 5.10 Å². The molecule has 0 unspecified atom stereocenters. The van der Waals surface area contributed by atoms with E-state index < -0.39 is 0 Å². The van der Waals surface area contributed by atoms with Gasteiger partial charge in [0.1, 0.15) is 12.2 Å². The molecule has 0 radical (unpaired) electrons. The topological polar surface area (TPSA) is 56.7 Å². The van der Waals surface area contributed by atoms with E-state index in [9.17, 15) is 0 Å². The lowest BCUT2D eigenvalue weighted by Crippen LogP contribution is -2.14. The molecule has 1 fully saturated rings. The molecule has 72 valence electrons. The highest BCUT2D eigenvalue weighted by Crippen LogP contribution is 2.25. The third kappa shape index (κ3) is 1.88. The van der Waals surface area contributed by atoms with Crippen LogP contribution in [0.1, 0.15) is 31.5 Å². The first-order valence-electron chi connectivity index (χ1n) is 4.97. The number of nitrogens with zero attached hydrogens (tertiary/aromatic N) is 3. The average molecular weight is 180 g/mol. The van der Waals surface area contributed by atoms with Gasteiger partial charge in [-0.1, -0.05) is 12.8 Å². The second-order valence-corrected chi connectivity index (χ2v) is 3.71. The highest BCUT2D eigenvalue weighted by atomic mass is 15.3. The van der Waals surface area contributed by atoms with Crippen molar-refractivity contribution in [3.63, 3.8) is 0 Å². The molecule has 4 nitrogen and oxygen atoms in total. The number of hydrogen-bond donors (Lipinski definition) is 1. The van der Waals surface area contributed by atoms with Crippen molar-refractivity contribution >= 4 is 0 Å². The van der Waals surface area contributed by atoms with E-state index in [1.807, 2.05) is 4.68 Å². The summed E-state index contributed by atoms with van der Waals surface area (Å²) in [4.78, 5) is 4.10. The SMILES string of the molecule is NCc1ncnn1CC1CCCC1. The van der Waals surface area contributed by atoms with E-state index in [-0.39, 0.29) is 0 Å². The third-order valence-corrected chi connectivity index (χ3v) is 2.78. The molecule has 2 rings (SSSR count). The molecule has 4 heteroatoms. The molecule has 1 saturated carbocycles. The molecule has 13 heavy (non-hydrogen) atoms. The maximum absolute atomic E-state index is 5.55. The minimum absolute atomic E-state index is 0.493. The van der Waals surface area contributed by atoms with Gasteiger partial charge in [0.25, 0.3) is 0 Å². The smallest absolute Gasteiger partial charge is 0.140 e. The molecule has 1 aliphatic carbocycles. The van der Waals surface area contributed by atoms with Gasteiger partial charge in [0.2, 0.25) is 0 Å². The first kappa shape index (κ1) is 8.69. The Bertz CT molecular complexity index is 262. The fraction of sp³-hybridized carbons (Fsp3) is 0.778. The molecular formula is C9H16N4. The van der Waals surface area contributed by atoms with Crippen LogP contribution < -0.4 is 5.73 Å². The zero-order valence-electron chi connectivity index (χ0n) is 7.82. The number of hydrogen-bond acceptors (Lipinski definition) is 3. The second-order valence-electron chi connectivity index (χ2n) is 3.71. The van der Waals surface area contributed by atoms with Crippen LogP contribution in [-0.4, -0.2) is 14.8 Å². The Morgan fingerprint density at radius 2 is 2.23 bits per heavy atom. The minimum Gasteiger partial charge on any atom is -0.324 e. The summed E-state index contributed by atoms with van der Waals surface area (Å²) in [5.74, 6) is 1.71. The quantitative estimate of drug-likeness (QED) is 0.752. The van der Waals surface area contributed by atoms with Crippen molar-refractivity contribution in [2.24, 2.45) is 11.7 Å². The molecule has 1 aromatic heterocycles. The van der Waals surface area contributed by atoms with E-state index in [2.05, 4.69) is 10.1 Å². The van der Waals surface area contributed by atoms with Gasteiger partial charge < -0.3 is 5.73 Å². The van der Waals surface area contributed by atoms with Crippen molar-refractivity contribution < 1.29 is 0 Å². The molecule has 2 N–H and O–H groups in total. The zero-order chi connectivity index (χ0) is 9.10. The Morgan fingerprint density at radius 1 is 1.46 bits per heavy atom. The molecule has 0 aromatic carbocycles. The molecule has 0 bridgehead atoms. The Kier molecular flexibility index (Phi) is 2.59. The van der Waals surface area contributed by atoms with E-state index >= 15 is 0 Å². The molecule has 1 aliphatic rings. The molecule has 0 amide bonds. The van der Waals surface area contributed by atoms with E-state index in [1.54, 1.807) is 6.33 Å². The molecule has 0 aliphatic heterocycles. The van der Waals surface area contributed by atoms with Crippen LogP contribution >= 0.6 is 0 Å². The van der Waals surface area contributed by atoms with Gasteiger partial charge in [-0.05, 0) is 18.8 Å². The van der Waals surface area contributed by atoms with Crippen LogP contribution in [0.5, 0.6) is 0 Å². The van der Waals surface area contributed by atoms with Crippen molar-refractivity contribution in [3.8, 4) is 0 Å². The number of nitrogens with two attached hydrogens (primary N) is 1. The standard InChI is InChI=1S/C9H16N4/c10-5-9-11-7-12-13(9)6-8-3-1-2-4-8/h7-8H,1-6,10H2. The van der Waals surface area contributed by atoms with Gasteiger partial charge in [-0.15, -0.1) is 0 Å². The molecule has 0 spiro atoms. The molecule has 1 aromatic rings. The number of rotatable bonds is 3. The molecular weight excluding hydrogens is 164 g/mol. The van der Waals surface area contributed by atoms with Crippen LogP contribution in [0.4, 0.5) is 0 Å². The maximum Gasteiger partial charge on any atom is 0.140 e. The summed E-state index contributed by atoms with van der Waals surface area (Å²) < 4.78 is 1.95. The van der Waals surface area contributed by atoms with Gasteiger partial charge in [-0.3, -0.25) is 0 Å². The van der Waals surface area contributed by atoms with Crippen LogP contribution in [0.2, 0.25) is 0 Å². The minimum atomic E-state index is 0.493. The highest BCUT2D eigenvalue weighted by Gasteiger charge is 2.16. The summed E-state index contributed by atoms with van der Waals surface area (Å²) in [5.41, 5.74) is 5.55. The predicted octanol–water partition coefficient (Wildman–Crippen LogP) is 0.927. The Morgan fingerprint density at radius 3 is 2.92 bits per heavy atom. The van der Waals surface area contributed by atoms with Crippen molar-refractivity contribution in [1.82, 2.24) is 14.8 Å². The van der Waals surface area contributed by atoms with Crippen molar-refractivity contribution in [2.75, 3.05) is 0 Å². The first-order valence-corrected chi connectivity index (χ1v) is 4.97. The monoisotopic (exact) mass is 180 g/mol. The Balaban J connectivity index is 1.99. The van der Waals surface area contributed by atoms with Crippen LogP contribution in [0.3, 0.4) is 0 Å². The molecule has 0 saturated heterocycles. The largest absolute Gasteiger partial charge is 0.324 e. The van der Waals surface area contributed by atoms with Crippen LogP contribution in [0.15, 0.2) is 6.33 Å². The highest BCUT2D eigenvalue weighted by molar-refractivity contribution is 4.83. The van der Waals surface area contributed by atoms with Gasteiger partial charge in [-0.25, -0.2) is 9.67 Å². The Hall–Kier alpha value is -0.900. The lowest BCUT2D eigenvalue weighted by molar-refractivity contribution is 0.417. The summed E-state index contributed by atoms with van der Waals surface area (Å²) >= 11 is 0. The van der Waals surface area contributed by atoms with E-state index in [0.29, 0.717) is 6.54 Å². The van der Waals surface area contributed by atoms with Gasteiger partial charge in [0.05, 0.1) is 6.54 Å².